The summed E-state index contributed by atoms with van der Waals surface area (Å²) in [7, 11) is 0. The molecule has 0 saturated heterocycles. The van der Waals surface area contributed by atoms with Crippen LogP contribution in [-0.2, 0) is 11.2 Å². The van der Waals surface area contributed by atoms with Gasteiger partial charge in [-0.05, 0) is 37.1 Å². The molecular weight excluding hydrogens is 258 g/mol. The highest BCUT2D eigenvalue weighted by Crippen LogP contribution is 2.14. The number of rotatable bonds is 3. The second-order valence-corrected chi connectivity index (χ2v) is 4.64. The Hall–Kier alpha value is -2.63. The maximum Gasteiger partial charge on any atom is 0.325 e. The Labute approximate surface area is 114 Å². The summed E-state index contributed by atoms with van der Waals surface area (Å²) in [6.45, 7) is 3.95. The van der Waals surface area contributed by atoms with E-state index >= 15 is 0 Å². The Morgan fingerprint density at radius 2 is 1.85 bits per heavy atom. The van der Waals surface area contributed by atoms with Gasteiger partial charge in [0.2, 0.25) is 5.91 Å². The van der Waals surface area contributed by atoms with Crippen molar-refractivity contribution in [2.45, 2.75) is 20.3 Å². The number of H-pyrrole nitrogens is 2. The maximum atomic E-state index is 11.9. The Morgan fingerprint density at radius 1 is 1.10 bits per heavy atom. The summed E-state index contributed by atoms with van der Waals surface area (Å²) < 4.78 is 0. The molecule has 1 aromatic heterocycles. The quantitative estimate of drug-likeness (QED) is 0.774. The molecule has 0 aliphatic rings. The lowest BCUT2D eigenvalue weighted by atomic mass is 10.1. The number of aromatic amines is 2. The van der Waals surface area contributed by atoms with Crippen LogP contribution in [0.4, 0.5) is 5.69 Å². The summed E-state index contributed by atoms with van der Waals surface area (Å²) in [4.78, 5) is 38.5. The van der Waals surface area contributed by atoms with E-state index in [1.54, 1.807) is 6.07 Å². The molecule has 2 aromatic rings. The summed E-state index contributed by atoms with van der Waals surface area (Å²) in [5.74, 6) is -0.297. The van der Waals surface area contributed by atoms with Gasteiger partial charge in [0.1, 0.15) is 0 Å². The monoisotopic (exact) mass is 273 g/mol. The molecule has 0 bridgehead atoms. The van der Waals surface area contributed by atoms with Crippen molar-refractivity contribution in [3.63, 3.8) is 0 Å². The Bertz CT molecular complexity index is 730. The third-order valence-electron chi connectivity index (χ3n) is 2.96. The number of aromatic nitrogens is 2. The molecule has 0 fully saturated rings. The molecule has 1 heterocycles. The highest BCUT2D eigenvalue weighted by atomic mass is 16.2. The van der Waals surface area contributed by atoms with Gasteiger partial charge in [-0.3, -0.25) is 14.6 Å². The van der Waals surface area contributed by atoms with E-state index in [-0.39, 0.29) is 18.0 Å². The first kappa shape index (κ1) is 13.8. The molecule has 0 aliphatic heterocycles. The van der Waals surface area contributed by atoms with Crippen molar-refractivity contribution in [3.8, 4) is 0 Å². The number of benzene rings is 1. The molecule has 0 aliphatic carbocycles. The van der Waals surface area contributed by atoms with E-state index in [2.05, 4.69) is 10.3 Å². The van der Waals surface area contributed by atoms with Gasteiger partial charge in [0.15, 0.2) is 0 Å². The summed E-state index contributed by atoms with van der Waals surface area (Å²) in [5.41, 5.74) is 2.04. The lowest BCUT2D eigenvalue weighted by Crippen LogP contribution is -2.25. The van der Waals surface area contributed by atoms with Crippen molar-refractivity contribution in [1.82, 2.24) is 9.97 Å². The van der Waals surface area contributed by atoms with E-state index < -0.39 is 11.2 Å². The van der Waals surface area contributed by atoms with Crippen molar-refractivity contribution in [1.29, 1.82) is 0 Å². The summed E-state index contributed by atoms with van der Waals surface area (Å²) in [6.07, 6.45) is -0.0634. The first-order valence-corrected chi connectivity index (χ1v) is 6.13. The number of amides is 1. The first-order valence-electron chi connectivity index (χ1n) is 6.13. The average Bonchev–Trinajstić information content (AvgIpc) is 2.32. The third-order valence-corrected chi connectivity index (χ3v) is 2.96. The fourth-order valence-corrected chi connectivity index (χ4v) is 1.81. The maximum absolute atomic E-state index is 11.9. The van der Waals surface area contributed by atoms with Crippen LogP contribution < -0.4 is 16.6 Å². The number of carbonyl (C=O) groups excluding carboxylic acids is 1. The summed E-state index contributed by atoms with van der Waals surface area (Å²) in [5, 5.41) is 2.72. The second kappa shape index (κ2) is 5.56. The first-order chi connectivity index (χ1) is 9.44. The van der Waals surface area contributed by atoms with E-state index in [9.17, 15) is 14.4 Å². The standard InChI is InChI=1S/C14H15N3O3/c1-8-3-4-10(5-9(8)2)15-12(18)6-11-7-13(19)17-14(20)16-11/h3-5,7H,6H2,1-2H3,(H,15,18)(H2,16,17,19,20). The minimum Gasteiger partial charge on any atom is -0.326 e. The SMILES string of the molecule is Cc1ccc(NC(=O)Cc2cc(=O)[nH]c(=O)[nH]2)cc1C. The molecule has 1 aromatic carbocycles. The van der Waals surface area contributed by atoms with E-state index in [1.807, 2.05) is 31.0 Å². The zero-order chi connectivity index (χ0) is 14.7. The van der Waals surface area contributed by atoms with Crippen LogP contribution in [0.1, 0.15) is 16.8 Å². The predicted octanol–water partition coefficient (Wildman–Crippen LogP) is 0.861. The van der Waals surface area contributed by atoms with Gasteiger partial charge in [0.05, 0.1) is 6.42 Å². The van der Waals surface area contributed by atoms with Gasteiger partial charge in [-0.2, -0.15) is 0 Å². The topological polar surface area (TPSA) is 94.8 Å². The van der Waals surface area contributed by atoms with Crippen LogP contribution in [0.2, 0.25) is 0 Å². The molecule has 3 N–H and O–H groups in total. The smallest absolute Gasteiger partial charge is 0.325 e. The van der Waals surface area contributed by atoms with Crippen LogP contribution in [0, 0.1) is 13.8 Å². The number of carbonyl (C=O) groups is 1. The highest BCUT2D eigenvalue weighted by Gasteiger charge is 2.06. The third kappa shape index (κ3) is 3.44. The van der Waals surface area contributed by atoms with Gasteiger partial charge >= 0.3 is 5.69 Å². The molecule has 0 atom stereocenters. The molecule has 0 spiro atoms. The van der Waals surface area contributed by atoms with Gasteiger partial charge < -0.3 is 10.3 Å². The van der Waals surface area contributed by atoms with E-state index in [4.69, 9.17) is 0 Å². The number of hydrogen-bond donors (Lipinski definition) is 3. The number of hydrogen-bond acceptors (Lipinski definition) is 3. The zero-order valence-corrected chi connectivity index (χ0v) is 11.2. The minimum atomic E-state index is -0.619. The Balaban J connectivity index is 2.10. The fraction of sp³-hybridized carbons (Fsp3) is 0.214. The fourth-order valence-electron chi connectivity index (χ4n) is 1.81. The highest BCUT2D eigenvalue weighted by molar-refractivity contribution is 5.92. The lowest BCUT2D eigenvalue weighted by molar-refractivity contribution is -0.115. The molecule has 1 amide bonds. The molecule has 20 heavy (non-hydrogen) atoms. The van der Waals surface area contributed by atoms with Crippen LogP contribution in [0.15, 0.2) is 33.9 Å². The molecule has 104 valence electrons. The molecule has 6 nitrogen and oxygen atoms in total. The van der Waals surface area contributed by atoms with Gasteiger partial charge in [0.25, 0.3) is 5.56 Å². The van der Waals surface area contributed by atoms with Crippen LogP contribution in [0.25, 0.3) is 0 Å². The number of anilines is 1. The van der Waals surface area contributed by atoms with Crippen LogP contribution >= 0.6 is 0 Å². The normalized spacial score (nSPS) is 10.3. The Kier molecular flexibility index (Phi) is 3.84. The molecule has 2 rings (SSSR count). The number of aryl methyl sites for hydroxylation is 2. The lowest BCUT2D eigenvalue weighted by Gasteiger charge is -2.07. The van der Waals surface area contributed by atoms with E-state index in [0.29, 0.717) is 5.69 Å². The van der Waals surface area contributed by atoms with Gasteiger partial charge in [-0.25, -0.2) is 4.79 Å². The predicted molar refractivity (Wildman–Crippen MR) is 75.9 cm³/mol. The van der Waals surface area contributed by atoms with E-state index in [1.165, 1.54) is 6.07 Å². The summed E-state index contributed by atoms with van der Waals surface area (Å²) >= 11 is 0. The van der Waals surface area contributed by atoms with Crippen molar-refractivity contribution in [2.24, 2.45) is 0 Å². The van der Waals surface area contributed by atoms with Gasteiger partial charge in [-0.1, -0.05) is 6.07 Å². The number of nitrogens with one attached hydrogen (secondary N) is 3. The largest absolute Gasteiger partial charge is 0.326 e. The molecular formula is C14H15N3O3. The van der Waals surface area contributed by atoms with Crippen molar-refractivity contribution >= 4 is 11.6 Å². The van der Waals surface area contributed by atoms with Crippen LogP contribution in [-0.4, -0.2) is 15.9 Å². The molecule has 0 radical (unpaired) electrons. The second-order valence-electron chi connectivity index (χ2n) is 4.64. The molecule has 0 saturated carbocycles. The van der Waals surface area contributed by atoms with Crippen LogP contribution in [0.5, 0.6) is 0 Å². The van der Waals surface area contributed by atoms with Crippen molar-refractivity contribution in [2.75, 3.05) is 5.32 Å². The average molecular weight is 273 g/mol. The Morgan fingerprint density at radius 3 is 2.50 bits per heavy atom. The zero-order valence-electron chi connectivity index (χ0n) is 11.2. The van der Waals surface area contributed by atoms with Gasteiger partial charge in [-0.15, -0.1) is 0 Å². The van der Waals surface area contributed by atoms with Crippen molar-refractivity contribution in [3.05, 3.63) is 61.9 Å². The van der Waals surface area contributed by atoms with Crippen molar-refractivity contribution < 1.29 is 4.79 Å². The molecule has 6 heteroatoms. The summed E-state index contributed by atoms with van der Waals surface area (Å²) in [6, 6.07) is 6.79. The van der Waals surface area contributed by atoms with Crippen LogP contribution in [0.3, 0.4) is 0 Å². The minimum absolute atomic E-state index is 0.0634. The van der Waals surface area contributed by atoms with E-state index in [0.717, 1.165) is 11.1 Å². The van der Waals surface area contributed by atoms with Gasteiger partial charge in [0, 0.05) is 17.4 Å². The molecule has 0 unspecified atom stereocenters.